The number of hydrogen-bond acceptors (Lipinski definition) is 3. The van der Waals surface area contributed by atoms with Gasteiger partial charge in [0.15, 0.2) is 0 Å². The second-order valence-electron chi connectivity index (χ2n) is 5.56. The van der Waals surface area contributed by atoms with E-state index in [1.54, 1.807) is 41.3 Å². The minimum Gasteiger partial charge on any atom is -0.319 e. The van der Waals surface area contributed by atoms with E-state index in [-0.39, 0.29) is 5.91 Å². The van der Waals surface area contributed by atoms with Crippen LogP contribution >= 0.6 is 0 Å². The van der Waals surface area contributed by atoms with Crippen molar-refractivity contribution >= 4 is 11.6 Å². The van der Waals surface area contributed by atoms with Gasteiger partial charge in [-0.3, -0.25) is 9.48 Å². The normalized spacial score (nSPS) is 10.2. The summed E-state index contributed by atoms with van der Waals surface area (Å²) in [5.74, 6) is -0.227. The van der Waals surface area contributed by atoms with E-state index in [0.717, 1.165) is 5.56 Å². The number of hydrogen-bond donors (Lipinski definition) is 1. The first-order valence-corrected chi connectivity index (χ1v) is 7.53. The fraction of sp³-hybridized carbons (Fsp3) is 0.105. The van der Waals surface area contributed by atoms with Crippen LogP contribution in [0.4, 0.5) is 5.69 Å². The third-order valence-corrected chi connectivity index (χ3v) is 3.59. The molecule has 1 N–H and O–H groups in total. The number of nitrogens with one attached hydrogen (secondary N) is 1. The molecule has 0 atom stereocenters. The molecule has 3 rings (SSSR count). The Kier molecular flexibility index (Phi) is 4.39. The Bertz CT molecular complexity index is 904. The van der Waals surface area contributed by atoms with E-state index in [2.05, 4.69) is 29.5 Å². The molecule has 0 fully saturated rings. The van der Waals surface area contributed by atoms with Crippen LogP contribution < -0.4 is 5.32 Å². The van der Waals surface area contributed by atoms with Gasteiger partial charge in [-0.25, -0.2) is 0 Å². The standard InChI is InChI=1S/C19H16N4O/c1-14-3-2-4-16(9-14)12-23-13-18(11-21-23)22-19(24)17-7-5-15(10-20)6-8-17/h2-9,11,13H,12H2,1H3,(H,22,24). The van der Waals surface area contributed by atoms with Gasteiger partial charge in [0.2, 0.25) is 0 Å². The van der Waals surface area contributed by atoms with Crippen molar-refractivity contribution in [2.24, 2.45) is 0 Å². The molecule has 0 bridgehead atoms. The van der Waals surface area contributed by atoms with E-state index in [1.165, 1.54) is 5.56 Å². The summed E-state index contributed by atoms with van der Waals surface area (Å²) < 4.78 is 1.78. The van der Waals surface area contributed by atoms with Crippen molar-refractivity contribution in [1.29, 1.82) is 5.26 Å². The van der Waals surface area contributed by atoms with Gasteiger partial charge in [-0.2, -0.15) is 10.4 Å². The first-order chi connectivity index (χ1) is 11.6. The molecule has 5 nitrogen and oxygen atoms in total. The maximum Gasteiger partial charge on any atom is 0.255 e. The monoisotopic (exact) mass is 316 g/mol. The third kappa shape index (κ3) is 3.68. The minimum absolute atomic E-state index is 0.227. The minimum atomic E-state index is -0.227. The molecular formula is C19H16N4O. The number of amides is 1. The van der Waals surface area contributed by atoms with Gasteiger partial charge in [-0.05, 0) is 36.8 Å². The van der Waals surface area contributed by atoms with Gasteiger partial charge in [-0.15, -0.1) is 0 Å². The van der Waals surface area contributed by atoms with Crippen LogP contribution in [0.25, 0.3) is 0 Å². The number of carbonyl (C=O) groups is 1. The zero-order valence-corrected chi connectivity index (χ0v) is 13.2. The molecule has 3 aromatic rings. The summed E-state index contributed by atoms with van der Waals surface area (Å²) in [5, 5.41) is 15.9. The number of nitriles is 1. The molecular weight excluding hydrogens is 300 g/mol. The van der Waals surface area contributed by atoms with Gasteiger partial charge in [0.05, 0.1) is 30.1 Å². The first-order valence-electron chi connectivity index (χ1n) is 7.53. The Hall–Kier alpha value is -3.39. The van der Waals surface area contributed by atoms with Crippen LogP contribution in [-0.2, 0) is 6.54 Å². The molecule has 0 aliphatic heterocycles. The van der Waals surface area contributed by atoms with Gasteiger partial charge in [0, 0.05) is 11.8 Å². The zero-order valence-electron chi connectivity index (χ0n) is 13.2. The van der Waals surface area contributed by atoms with Crippen LogP contribution in [0.3, 0.4) is 0 Å². The average Bonchev–Trinajstić information content (AvgIpc) is 3.02. The lowest BCUT2D eigenvalue weighted by Gasteiger charge is -2.04. The van der Waals surface area contributed by atoms with Crippen molar-refractivity contribution in [3.8, 4) is 6.07 Å². The number of aromatic nitrogens is 2. The highest BCUT2D eigenvalue weighted by Crippen LogP contribution is 2.11. The number of benzene rings is 2. The highest BCUT2D eigenvalue weighted by Gasteiger charge is 2.08. The second-order valence-corrected chi connectivity index (χ2v) is 5.56. The zero-order chi connectivity index (χ0) is 16.9. The molecule has 1 heterocycles. The highest BCUT2D eigenvalue weighted by molar-refractivity contribution is 6.04. The maximum absolute atomic E-state index is 12.2. The average molecular weight is 316 g/mol. The molecule has 0 aliphatic rings. The van der Waals surface area contributed by atoms with Crippen molar-refractivity contribution in [2.75, 3.05) is 5.32 Å². The van der Waals surface area contributed by atoms with Gasteiger partial charge >= 0.3 is 0 Å². The van der Waals surface area contributed by atoms with Crippen LogP contribution in [-0.4, -0.2) is 15.7 Å². The molecule has 0 aliphatic carbocycles. The molecule has 0 saturated heterocycles. The van der Waals surface area contributed by atoms with E-state index in [1.807, 2.05) is 18.2 Å². The third-order valence-electron chi connectivity index (χ3n) is 3.59. The van der Waals surface area contributed by atoms with Gasteiger partial charge in [0.25, 0.3) is 5.91 Å². The van der Waals surface area contributed by atoms with Crippen molar-refractivity contribution in [1.82, 2.24) is 9.78 Å². The predicted octanol–water partition coefficient (Wildman–Crippen LogP) is 3.36. The summed E-state index contributed by atoms with van der Waals surface area (Å²) in [6.07, 6.45) is 3.42. The fourth-order valence-electron chi connectivity index (χ4n) is 2.41. The smallest absolute Gasteiger partial charge is 0.255 e. The fourth-order valence-corrected chi connectivity index (χ4v) is 2.41. The molecule has 0 radical (unpaired) electrons. The Morgan fingerprint density at radius 3 is 2.75 bits per heavy atom. The molecule has 0 unspecified atom stereocenters. The van der Waals surface area contributed by atoms with Crippen molar-refractivity contribution < 1.29 is 4.79 Å². The lowest BCUT2D eigenvalue weighted by molar-refractivity contribution is 0.102. The Labute approximate surface area is 140 Å². The molecule has 24 heavy (non-hydrogen) atoms. The van der Waals surface area contributed by atoms with Crippen molar-refractivity contribution in [3.63, 3.8) is 0 Å². The molecule has 5 heteroatoms. The summed E-state index contributed by atoms with van der Waals surface area (Å²) in [5.41, 5.74) is 4.02. The summed E-state index contributed by atoms with van der Waals surface area (Å²) in [6, 6.07) is 16.8. The van der Waals surface area contributed by atoms with Crippen LogP contribution in [0.1, 0.15) is 27.0 Å². The molecule has 118 valence electrons. The maximum atomic E-state index is 12.2. The molecule has 2 aromatic carbocycles. The number of aryl methyl sites for hydroxylation is 1. The van der Waals surface area contributed by atoms with E-state index >= 15 is 0 Å². The molecule has 1 amide bonds. The number of nitrogens with zero attached hydrogens (tertiary/aromatic N) is 3. The molecule has 0 spiro atoms. The van der Waals surface area contributed by atoms with E-state index in [9.17, 15) is 4.79 Å². The number of anilines is 1. The Balaban J connectivity index is 1.67. The SMILES string of the molecule is Cc1cccc(Cn2cc(NC(=O)c3ccc(C#N)cc3)cn2)c1. The topological polar surface area (TPSA) is 70.7 Å². The van der Waals surface area contributed by atoms with Crippen LogP contribution in [0.2, 0.25) is 0 Å². The summed E-state index contributed by atoms with van der Waals surface area (Å²) >= 11 is 0. The van der Waals surface area contributed by atoms with Crippen LogP contribution in [0, 0.1) is 18.3 Å². The quantitative estimate of drug-likeness (QED) is 0.802. The highest BCUT2D eigenvalue weighted by atomic mass is 16.1. The molecule has 0 saturated carbocycles. The Morgan fingerprint density at radius 1 is 1.25 bits per heavy atom. The van der Waals surface area contributed by atoms with E-state index < -0.39 is 0 Å². The van der Waals surface area contributed by atoms with Gasteiger partial charge in [-0.1, -0.05) is 29.8 Å². The van der Waals surface area contributed by atoms with Crippen LogP contribution in [0.5, 0.6) is 0 Å². The summed E-state index contributed by atoms with van der Waals surface area (Å²) in [7, 11) is 0. The van der Waals surface area contributed by atoms with Crippen LogP contribution in [0.15, 0.2) is 60.9 Å². The van der Waals surface area contributed by atoms with Crippen molar-refractivity contribution in [2.45, 2.75) is 13.5 Å². The van der Waals surface area contributed by atoms with Gasteiger partial charge in [0.1, 0.15) is 0 Å². The predicted molar refractivity (Wildman–Crippen MR) is 91.6 cm³/mol. The first kappa shape index (κ1) is 15.5. The van der Waals surface area contributed by atoms with E-state index in [4.69, 9.17) is 5.26 Å². The lowest BCUT2D eigenvalue weighted by Crippen LogP contribution is -2.11. The Morgan fingerprint density at radius 2 is 2.04 bits per heavy atom. The molecule has 1 aromatic heterocycles. The van der Waals surface area contributed by atoms with E-state index in [0.29, 0.717) is 23.4 Å². The summed E-state index contributed by atoms with van der Waals surface area (Å²) in [6.45, 7) is 2.70. The second kappa shape index (κ2) is 6.80. The van der Waals surface area contributed by atoms with Crippen molar-refractivity contribution in [3.05, 3.63) is 83.2 Å². The lowest BCUT2D eigenvalue weighted by atomic mass is 10.1. The number of rotatable bonds is 4. The summed E-state index contributed by atoms with van der Waals surface area (Å²) in [4.78, 5) is 12.2. The number of carbonyl (C=O) groups excluding carboxylic acids is 1. The largest absolute Gasteiger partial charge is 0.319 e. The van der Waals surface area contributed by atoms with Gasteiger partial charge < -0.3 is 5.32 Å².